The summed E-state index contributed by atoms with van der Waals surface area (Å²) in [5.41, 5.74) is 14.0. The van der Waals surface area contributed by atoms with Crippen molar-refractivity contribution in [1.29, 1.82) is 0 Å². The molecule has 0 saturated carbocycles. The van der Waals surface area contributed by atoms with Gasteiger partial charge in [0.1, 0.15) is 0 Å². The molecule has 0 radical (unpaired) electrons. The number of carbonyl (C=O) groups excluding carboxylic acids is 2. The largest absolute Gasteiger partial charge is 0.329 e. The molecular formula is C22H23N5O4S. The van der Waals surface area contributed by atoms with Crippen molar-refractivity contribution in [2.24, 2.45) is 16.6 Å². The molecule has 0 aliphatic carbocycles. The van der Waals surface area contributed by atoms with Gasteiger partial charge in [0, 0.05) is 29.5 Å². The van der Waals surface area contributed by atoms with E-state index < -0.39 is 21.8 Å². The van der Waals surface area contributed by atoms with Crippen molar-refractivity contribution in [1.82, 2.24) is 0 Å². The summed E-state index contributed by atoms with van der Waals surface area (Å²) in [6.45, 7) is 0.292. The van der Waals surface area contributed by atoms with E-state index in [9.17, 15) is 18.0 Å². The lowest BCUT2D eigenvalue weighted by Gasteiger charge is -2.11. The molecule has 2 amide bonds. The van der Waals surface area contributed by atoms with E-state index in [1.54, 1.807) is 66.7 Å². The molecule has 0 aliphatic rings. The lowest BCUT2D eigenvalue weighted by molar-refractivity contribution is -0.132. The lowest BCUT2D eigenvalue weighted by Crippen LogP contribution is -2.29. The standard InChI is InChI=1S/C22H23N5O4S/c23-13-19(24)15-7-11-17(12-8-15)27-22(29)21(28)26-16-9-5-14(6-10-16)18-3-1-2-4-20(18)32(25,30)31/h1-12,19H,13,23-24H2,(H,26,28)(H,27,29)(H2,25,30,31). The van der Waals surface area contributed by atoms with E-state index in [-0.39, 0.29) is 10.9 Å². The van der Waals surface area contributed by atoms with E-state index in [1.807, 2.05) is 0 Å². The molecule has 0 saturated heterocycles. The zero-order valence-electron chi connectivity index (χ0n) is 17.0. The Hall–Kier alpha value is -3.57. The quantitative estimate of drug-likeness (QED) is 0.354. The van der Waals surface area contributed by atoms with E-state index >= 15 is 0 Å². The van der Waals surface area contributed by atoms with Gasteiger partial charge in [0.25, 0.3) is 0 Å². The smallest absolute Gasteiger partial charge is 0.314 e. The maximum absolute atomic E-state index is 12.2. The normalized spacial score (nSPS) is 12.1. The van der Waals surface area contributed by atoms with E-state index in [1.165, 1.54) is 6.07 Å². The van der Waals surface area contributed by atoms with Crippen LogP contribution in [-0.2, 0) is 19.6 Å². The third-order valence-corrected chi connectivity index (χ3v) is 5.67. The van der Waals surface area contributed by atoms with Gasteiger partial charge in [0.15, 0.2) is 0 Å². The van der Waals surface area contributed by atoms with Crippen LogP contribution in [0.5, 0.6) is 0 Å². The van der Waals surface area contributed by atoms with Crippen LogP contribution < -0.4 is 27.2 Å². The van der Waals surface area contributed by atoms with E-state index in [4.69, 9.17) is 16.6 Å². The summed E-state index contributed by atoms with van der Waals surface area (Å²) in [6, 6.07) is 19.1. The highest BCUT2D eigenvalue weighted by molar-refractivity contribution is 7.89. The van der Waals surface area contributed by atoms with Crippen molar-refractivity contribution in [3.63, 3.8) is 0 Å². The van der Waals surface area contributed by atoms with Gasteiger partial charge in [-0.05, 0) is 41.5 Å². The van der Waals surface area contributed by atoms with Gasteiger partial charge < -0.3 is 22.1 Å². The first-order valence-electron chi connectivity index (χ1n) is 9.59. The zero-order chi connectivity index (χ0) is 23.3. The zero-order valence-corrected chi connectivity index (χ0v) is 17.8. The van der Waals surface area contributed by atoms with Gasteiger partial charge in [-0.25, -0.2) is 13.6 Å². The average molecular weight is 454 g/mol. The Bertz CT molecular complexity index is 1230. The van der Waals surface area contributed by atoms with Gasteiger partial charge in [-0.15, -0.1) is 0 Å². The van der Waals surface area contributed by atoms with Crippen LogP contribution in [0.15, 0.2) is 77.7 Å². The van der Waals surface area contributed by atoms with Gasteiger partial charge >= 0.3 is 11.8 Å². The van der Waals surface area contributed by atoms with E-state index in [0.29, 0.717) is 29.0 Å². The van der Waals surface area contributed by atoms with Crippen LogP contribution in [0.3, 0.4) is 0 Å². The molecule has 9 nitrogen and oxygen atoms in total. The SMILES string of the molecule is NCC(N)c1ccc(NC(=O)C(=O)Nc2ccc(-c3ccccc3S(N)(=O)=O)cc2)cc1. The van der Waals surface area contributed by atoms with Crippen LogP contribution in [0, 0.1) is 0 Å². The predicted molar refractivity (Wildman–Crippen MR) is 123 cm³/mol. The molecule has 10 heteroatoms. The van der Waals surface area contributed by atoms with Gasteiger partial charge in [-0.1, -0.05) is 42.5 Å². The van der Waals surface area contributed by atoms with Crippen molar-refractivity contribution >= 4 is 33.2 Å². The fraction of sp³-hybridized carbons (Fsp3) is 0.0909. The Balaban J connectivity index is 1.67. The number of anilines is 2. The number of benzene rings is 3. The fourth-order valence-electron chi connectivity index (χ4n) is 3.01. The summed E-state index contributed by atoms with van der Waals surface area (Å²) in [5, 5.41) is 10.3. The number of hydrogen-bond donors (Lipinski definition) is 5. The molecule has 8 N–H and O–H groups in total. The number of nitrogens with two attached hydrogens (primary N) is 3. The molecule has 3 aromatic rings. The van der Waals surface area contributed by atoms with Crippen molar-refractivity contribution in [3.05, 3.63) is 78.4 Å². The van der Waals surface area contributed by atoms with Crippen molar-refractivity contribution < 1.29 is 18.0 Å². The number of nitrogens with one attached hydrogen (secondary N) is 2. The van der Waals surface area contributed by atoms with E-state index in [0.717, 1.165) is 5.56 Å². The minimum absolute atomic E-state index is 0.00500. The summed E-state index contributed by atoms with van der Waals surface area (Å²) >= 11 is 0. The second kappa shape index (κ2) is 9.71. The first kappa shape index (κ1) is 23.1. The number of hydrogen-bond acceptors (Lipinski definition) is 6. The minimum atomic E-state index is -3.90. The van der Waals surface area contributed by atoms with Crippen molar-refractivity contribution in [2.75, 3.05) is 17.2 Å². The van der Waals surface area contributed by atoms with Crippen LogP contribution >= 0.6 is 0 Å². The monoisotopic (exact) mass is 453 g/mol. The Morgan fingerprint density at radius 3 is 1.81 bits per heavy atom. The molecule has 0 bridgehead atoms. The first-order chi connectivity index (χ1) is 15.2. The van der Waals surface area contributed by atoms with Gasteiger partial charge in [-0.2, -0.15) is 0 Å². The topological polar surface area (TPSA) is 170 Å². The molecule has 0 aromatic heterocycles. The number of primary sulfonamides is 1. The molecule has 0 fully saturated rings. The predicted octanol–water partition coefficient (Wildman–Crippen LogP) is 1.54. The molecule has 0 aliphatic heterocycles. The second-order valence-electron chi connectivity index (χ2n) is 6.99. The molecule has 32 heavy (non-hydrogen) atoms. The molecule has 0 heterocycles. The van der Waals surface area contributed by atoms with Gasteiger partial charge in [0.05, 0.1) is 4.90 Å². The molecular weight excluding hydrogens is 430 g/mol. The molecule has 1 atom stereocenters. The third kappa shape index (κ3) is 5.56. The number of amides is 2. The number of rotatable bonds is 6. The highest BCUT2D eigenvalue weighted by Crippen LogP contribution is 2.27. The van der Waals surface area contributed by atoms with Crippen molar-refractivity contribution in [3.8, 4) is 11.1 Å². The fourth-order valence-corrected chi connectivity index (χ4v) is 3.77. The Labute approximate surface area is 185 Å². The summed E-state index contributed by atoms with van der Waals surface area (Å²) < 4.78 is 23.6. The highest BCUT2D eigenvalue weighted by Gasteiger charge is 2.16. The molecule has 3 aromatic carbocycles. The first-order valence-corrected chi connectivity index (χ1v) is 11.1. The van der Waals surface area contributed by atoms with Crippen LogP contribution in [0.1, 0.15) is 11.6 Å². The van der Waals surface area contributed by atoms with Gasteiger partial charge in [0.2, 0.25) is 10.0 Å². The Morgan fingerprint density at radius 2 is 1.31 bits per heavy atom. The molecule has 0 spiro atoms. The van der Waals surface area contributed by atoms with Crippen LogP contribution in [0.4, 0.5) is 11.4 Å². The second-order valence-corrected chi connectivity index (χ2v) is 8.52. The summed E-state index contributed by atoms with van der Waals surface area (Å²) in [4.78, 5) is 24.4. The highest BCUT2D eigenvalue weighted by atomic mass is 32.2. The number of carbonyl (C=O) groups is 2. The van der Waals surface area contributed by atoms with Crippen LogP contribution in [0.2, 0.25) is 0 Å². The van der Waals surface area contributed by atoms with Crippen LogP contribution in [0.25, 0.3) is 11.1 Å². The van der Waals surface area contributed by atoms with Crippen LogP contribution in [-0.4, -0.2) is 26.8 Å². The summed E-state index contributed by atoms with van der Waals surface area (Å²) in [7, 11) is -3.90. The lowest BCUT2D eigenvalue weighted by atomic mass is 10.1. The Kier molecular flexibility index (Phi) is 7.01. The maximum atomic E-state index is 12.2. The average Bonchev–Trinajstić information content (AvgIpc) is 2.79. The third-order valence-electron chi connectivity index (χ3n) is 4.70. The van der Waals surface area contributed by atoms with Crippen molar-refractivity contribution in [2.45, 2.75) is 10.9 Å². The summed E-state index contributed by atoms with van der Waals surface area (Å²) in [5.74, 6) is -1.70. The number of sulfonamides is 1. The molecule has 1 unspecified atom stereocenters. The van der Waals surface area contributed by atoms with Gasteiger partial charge in [-0.3, -0.25) is 9.59 Å². The molecule has 166 valence electrons. The Morgan fingerprint density at radius 1 is 0.812 bits per heavy atom. The maximum Gasteiger partial charge on any atom is 0.314 e. The summed E-state index contributed by atoms with van der Waals surface area (Å²) in [6.07, 6.45) is 0. The van der Waals surface area contributed by atoms with E-state index in [2.05, 4.69) is 10.6 Å². The molecule has 3 rings (SSSR count). The minimum Gasteiger partial charge on any atom is -0.329 e.